The van der Waals surface area contributed by atoms with Gasteiger partial charge in [-0.05, 0) is 79.7 Å². The van der Waals surface area contributed by atoms with E-state index in [0.29, 0.717) is 0 Å². The van der Waals surface area contributed by atoms with Crippen LogP contribution < -0.4 is 45.9 Å². The average molecular weight is 747 g/mol. The lowest BCUT2D eigenvalue weighted by Crippen LogP contribution is -2.87. The zero-order chi connectivity index (χ0) is 37.1. The summed E-state index contributed by atoms with van der Waals surface area (Å²) < 4.78 is 6.79. The smallest absolute Gasteiger partial charge is 0.188 e. The highest BCUT2D eigenvalue weighted by molar-refractivity contribution is 7.27. The van der Waals surface area contributed by atoms with E-state index in [1.165, 1.54) is 58.2 Å². The maximum atomic E-state index is 6.79. The van der Waals surface area contributed by atoms with Crippen molar-refractivity contribution >= 4 is 81.0 Å². The van der Waals surface area contributed by atoms with Crippen LogP contribution in [0.5, 0.6) is 11.5 Å². The first kappa shape index (κ1) is 32.7. The summed E-state index contributed by atoms with van der Waals surface area (Å²) in [5, 5.41) is 12.3. The lowest BCUT2D eigenvalue weighted by molar-refractivity contribution is 0.487. The molecule has 0 amide bonds. The largest absolute Gasteiger partial charge is 0.458 e. The SMILES string of the molecule is c1ccc(-c2ccc(N(c3ccc4c(c3)[Si]3(c5ccccc5Oc5ccccc53)c3ccccc3[Si]4c3ccccc3)c3cccc4ccccc34)cc2)cc1. The summed E-state index contributed by atoms with van der Waals surface area (Å²) in [7, 11) is -4.32. The van der Waals surface area contributed by atoms with E-state index in [0.717, 1.165) is 28.6 Å². The fourth-order valence-corrected chi connectivity index (χ4v) is 18.9. The van der Waals surface area contributed by atoms with E-state index in [-0.39, 0.29) is 0 Å². The van der Waals surface area contributed by atoms with Gasteiger partial charge in [-0.3, -0.25) is 0 Å². The highest BCUT2D eigenvalue weighted by Gasteiger charge is 2.54. The summed E-state index contributed by atoms with van der Waals surface area (Å²) in [6.07, 6.45) is 0. The maximum Gasteiger partial charge on any atom is 0.188 e. The predicted molar refractivity (Wildman–Crippen MR) is 239 cm³/mol. The van der Waals surface area contributed by atoms with Crippen LogP contribution >= 0.6 is 0 Å². The fraction of sp³-hybridized carbons (Fsp3) is 0. The second kappa shape index (κ2) is 13.2. The number of hydrogen-bond donors (Lipinski definition) is 0. The highest BCUT2D eigenvalue weighted by atomic mass is 28.3. The van der Waals surface area contributed by atoms with Gasteiger partial charge in [0.2, 0.25) is 0 Å². The third-order valence-corrected chi connectivity index (χ3v) is 19.9. The van der Waals surface area contributed by atoms with Crippen molar-refractivity contribution in [2.75, 3.05) is 4.90 Å². The highest BCUT2D eigenvalue weighted by Crippen LogP contribution is 2.40. The topological polar surface area (TPSA) is 12.5 Å². The van der Waals surface area contributed by atoms with Crippen LogP contribution in [0.2, 0.25) is 0 Å². The first-order valence-corrected chi connectivity index (χ1v) is 22.8. The predicted octanol–water partition coefficient (Wildman–Crippen LogP) is 8.29. The van der Waals surface area contributed by atoms with Crippen molar-refractivity contribution in [3.63, 3.8) is 0 Å². The van der Waals surface area contributed by atoms with Crippen LogP contribution in [-0.4, -0.2) is 16.9 Å². The van der Waals surface area contributed by atoms with Gasteiger partial charge in [0.15, 0.2) is 16.9 Å². The Morgan fingerprint density at radius 1 is 0.393 bits per heavy atom. The molecule has 0 aliphatic carbocycles. The number of para-hydroxylation sites is 2. The van der Waals surface area contributed by atoms with Gasteiger partial charge >= 0.3 is 0 Å². The molecule has 0 unspecified atom stereocenters. The minimum atomic E-state index is -2.94. The van der Waals surface area contributed by atoms with E-state index in [2.05, 4.69) is 223 Å². The zero-order valence-corrected chi connectivity index (χ0v) is 32.6. The van der Waals surface area contributed by atoms with Gasteiger partial charge in [-0.2, -0.15) is 0 Å². The van der Waals surface area contributed by atoms with E-state index in [1.54, 1.807) is 0 Å². The van der Waals surface area contributed by atoms with Crippen LogP contribution in [0.1, 0.15) is 0 Å². The number of rotatable bonds is 5. The number of nitrogens with zero attached hydrogens (tertiary/aromatic N) is 1. The van der Waals surface area contributed by atoms with Crippen molar-refractivity contribution in [2.45, 2.75) is 0 Å². The van der Waals surface area contributed by atoms with Gasteiger partial charge < -0.3 is 9.64 Å². The fourth-order valence-electron chi connectivity index (χ4n) is 9.27. The summed E-state index contributed by atoms with van der Waals surface area (Å²) in [6.45, 7) is 0. The Hall–Kier alpha value is -6.73. The quantitative estimate of drug-likeness (QED) is 0.165. The molecule has 11 rings (SSSR count). The van der Waals surface area contributed by atoms with Crippen LogP contribution in [0.25, 0.3) is 21.9 Å². The van der Waals surface area contributed by atoms with Gasteiger partial charge in [-0.1, -0.05) is 191 Å². The normalized spacial score (nSPS) is 13.6. The number of ether oxygens (including phenoxy) is 1. The van der Waals surface area contributed by atoms with Crippen LogP contribution in [0.4, 0.5) is 17.1 Å². The second-order valence-electron chi connectivity index (χ2n) is 14.6. The third kappa shape index (κ3) is 5.00. The second-order valence-corrected chi connectivity index (χ2v) is 20.7. The standard InChI is InChI=1S/C52H36NOSi2/c1-3-16-37(17-4-1)38-30-32-40(33-31-38)53(44-23-15-19-39-18-7-8-22-43(39)44)41-34-35-48-52(36-41)56(49-27-12-9-24-45(49)54-46-25-10-13-28-50(46)56)51-29-14-11-26-47(51)55(48)42-20-5-2-6-21-42/h1-36H. The molecule has 0 atom stereocenters. The van der Waals surface area contributed by atoms with Crippen LogP contribution in [0.15, 0.2) is 218 Å². The molecule has 2 aliphatic rings. The molecule has 0 N–H and O–H groups in total. The Balaban J connectivity index is 1.23. The van der Waals surface area contributed by atoms with Crippen LogP contribution in [0, 0.1) is 0 Å². The van der Waals surface area contributed by atoms with Crippen molar-refractivity contribution in [3.05, 3.63) is 218 Å². The lowest BCUT2D eigenvalue weighted by Gasteiger charge is -2.46. The van der Waals surface area contributed by atoms with Gasteiger partial charge in [0.25, 0.3) is 0 Å². The third-order valence-electron chi connectivity index (χ3n) is 11.6. The lowest BCUT2D eigenvalue weighted by atomic mass is 10.0. The van der Waals surface area contributed by atoms with Gasteiger partial charge in [0.05, 0.1) is 5.69 Å². The monoisotopic (exact) mass is 746 g/mol. The number of benzene rings is 9. The van der Waals surface area contributed by atoms with Gasteiger partial charge in [-0.25, -0.2) is 0 Å². The summed E-state index contributed by atoms with van der Waals surface area (Å²) in [5.41, 5.74) is 5.84. The molecule has 2 aliphatic heterocycles. The first-order chi connectivity index (χ1) is 27.8. The summed E-state index contributed by atoms with van der Waals surface area (Å²) in [6, 6.07) is 80.8. The Morgan fingerprint density at radius 2 is 0.946 bits per heavy atom. The molecule has 56 heavy (non-hydrogen) atoms. The number of hydrogen-bond acceptors (Lipinski definition) is 2. The molecular weight excluding hydrogens is 711 g/mol. The van der Waals surface area contributed by atoms with Crippen molar-refractivity contribution < 1.29 is 4.74 Å². The van der Waals surface area contributed by atoms with Crippen molar-refractivity contribution in [1.82, 2.24) is 0 Å². The zero-order valence-electron chi connectivity index (χ0n) is 30.6. The number of fused-ring (bicyclic) bond motifs is 9. The van der Waals surface area contributed by atoms with Crippen molar-refractivity contribution in [2.24, 2.45) is 0 Å². The molecule has 0 aromatic heterocycles. The molecule has 9 aromatic rings. The van der Waals surface area contributed by atoms with E-state index in [9.17, 15) is 0 Å². The molecule has 263 valence electrons. The van der Waals surface area contributed by atoms with Gasteiger partial charge in [0, 0.05) is 16.8 Å². The minimum Gasteiger partial charge on any atom is -0.458 e. The summed E-state index contributed by atoms with van der Waals surface area (Å²) in [5.74, 6) is 1.92. The van der Waals surface area contributed by atoms with Gasteiger partial charge in [0.1, 0.15) is 11.5 Å². The Kier molecular flexibility index (Phi) is 7.73. The van der Waals surface area contributed by atoms with E-state index >= 15 is 0 Å². The minimum absolute atomic E-state index is 0.960. The van der Waals surface area contributed by atoms with E-state index < -0.39 is 16.9 Å². The summed E-state index contributed by atoms with van der Waals surface area (Å²) in [4.78, 5) is 2.48. The molecule has 0 bridgehead atoms. The van der Waals surface area contributed by atoms with E-state index in [4.69, 9.17) is 4.74 Å². The Bertz CT molecular complexity index is 2860. The molecule has 0 fully saturated rings. The van der Waals surface area contributed by atoms with Crippen molar-refractivity contribution in [3.8, 4) is 22.6 Å². The van der Waals surface area contributed by atoms with E-state index in [1.807, 2.05) is 0 Å². The first-order valence-electron chi connectivity index (χ1n) is 19.3. The molecule has 0 saturated carbocycles. The Morgan fingerprint density at radius 3 is 1.70 bits per heavy atom. The van der Waals surface area contributed by atoms with Gasteiger partial charge in [-0.15, -0.1) is 0 Å². The molecule has 9 aromatic carbocycles. The maximum absolute atomic E-state index is 6.79. The molecule has 4 heteroatoms. The molecule has 2 heterocycles. The Labute approximate surface area is 330 Å². The molecule has 0 saturated heterocycles. The molecular formula is C52H36NOSi2. The molecule has 1 spiro atoms. The molecule has 1 radical (unpaired) electrons. The van der Waals surface area contributed by atoms with Crippen LogP contribution in [-0.2, 0) is 0 Å². The average Bonchev–Trinajstić information content (AvgIpc) is 3.27. The number of anilines is 3. The van der Waals surface area contributed by atoms with Crippen LogP contribution in [0.3, 0.4) is 0 Å². The van der Waals surface area contributed by atoms with Crippen molar-refractivity contribution in [1.29, 1.82) is 0 Å². The summed E-state index contributed by atoms with van der Waals surface area (Å²) >= 11 is 0. The molecule has 2 nitrogen and oxygen atoms in total.